The van der Waals surface area contributed by atoms with Crippen molar-refractivity contribution in [1.82, 2.24) is 29.9 Å². The second-order valence-electron chi connectivity index (χ2n) is 6.22. The summed E-state index contributed by atoms with van der Waals surface area (Å²) in [6.45, 7) is 4.09. The van der Waals surface area contributed by atoms with E-state index in [2.05, 4.69) is 47.4 Å². The Balaban J connectivity index is 1.69. The van der Waals surface area contributed by atoms with Gasteiger partial charge in [0, 0.05) is 22.5 Å². The molecule has 27 heavy (non-hydrogen) atoms. The van der Waals surface area contributed by atoms with Crippen LogP contribution in [0.25, 0.3) is 22.8 Å². The van der Waals surface area contributed by atoms with Crippen molar-refractivity contribution in [3.63, 3.8) is 0 Å². The molecule has 0 saturated carbocycles. The molecule has 4 rings (SSSR count). The van der Waals surface area contributed by atoms with E-state index < -0.39 is 0 Å². The third-order valence-electron chi connectivity index (χ3n) is 3.95. The minimum atomic E-state index is 0.645. The zero-order valence-corrected chi connectivity index (χ0v) is 15.0. The van der Waals surface area contributed by atoms with Crippen molar-refractivity contribution in [3.8, 4) is 22.8 Å². The second kappa shape index (κ2) is 7.25. The van der Waals surface area contributed by atoms with Gasteiger partial charge >= 0.3 is 0 Å². The molecule has 2 aromatic carbocycles. The highest BCUT2D eigenvalue weighted by atomic mass is 15.0. The molecule has 0 aliphatic heterocycles. The van der Waals surface area contributed by atoms with Crippen LogP contribution in [0.1, 0.15) is 11.1 Å². The average molecular weight is 355 g/mol. The fourth-order valence-electron chi connectivity index (χ4n) is 2.91. The van der Waals surface area contributed by atoms with Gasteiger partial charge in [0.25, 0.3) is 0 Å². The van der Waals surface area contributed by atoms with E-state index in [0.717, 1.165) is 33.6 Å². The summed E-state index contributed by atoms with van der Waals surface area (Å²) in [4.78, 5) is 24.7. The molecule has 0 aliphatic rings. The van der Waals surface area contributed by atoms with Gasteiger partial charge in [0.1, 0.15) is 25.3 Å². The van der Waals surface area contributed by atoms with Crippen LogP contribution in [0, 0.1) is 13.8 Å². The van der Waals surface area contributed by atoms with Crippen molar-refractivity contribution < 1.29 is 0 Å². The molecule has 0 fully saturated rings. The third kappa shape index (κ3) is 3.92. The molecule has 132 valence electrons. The number of nitrogens with zero attached hydrogens (tertiary/aromatic N) is 6. The van der Waals surface area contributed by atoms with E-state index in [1.54, 1.807) is 0 Å². The molecule has 0 radical (unpaired) electrons. The summed E-state index contributed by atoms with van der Waals surface area (Å²) in [6, 6.07) is 12.3. The highest BCUT2D eigenvalue weighted by Crippen LogP contribution is 2.27. The standard InChI is InChI=1S/C20H17N7/c1-13-3-15(19-23-9-21-10-24-19)7-17(5-13)27-18-6-14(2)4-16(8-18)20-25-11-22-12-26-20/h3-12,27H,1-2H3. The lowest BCUT2D eigenvalue weighted by molar-refractivity contribution is 1.05. The molecular formula is C20H17N7. The lowest BCUT2D eigenvalue weighted by Gasteiger charge is -2.12. The number of hydrogen-bond donors (Lipinski definition) is 1. The van der Waals surface area contributed by atoms with Gasteiger partial charge in [-0.3, -0.25) is 0 Å². The van der Waals surface area contributed by atoms with Crippen LogP contribution in [0.2, 0.25) is 0 Å². The van der Waals surface area contributed by atoms with E-state index in [0.29, 0.717) is 11.6 Å². The highest BCUT2D eigenvalue weighted by molar-refractivity contribution is 5.72. The molecular weight excluding hydrogens is 338 g/mol. The van der Waals surface area contributed by atoms with Crippen LogP contribution in [0.4, 0.5) is 11.4 Å². The summed E-state index contributed by atoms with van der Waals surface area (Å²) in [5.74, 6) is 1.29. The molecule has 0 bridgehead atoms. The highest BCUT2D eigenvalue weighted by Gasteiger charge is 2.07. The molecule has 0 aliphatic carbocycles. The van der Waals surface area contributed by atoms with Gasteiger partial charge in [0.2, 0.25) is 0 Å². The Bertz CT molecular complexity index is 979. The number of nitrogens with one attached hydrogen (secondary N) is 1. The minimum Gasteiger partial charge on any atom is -0.355 e. The van der Waals surface area contributed by atoms with Crippen molar-refractivity contribution in [3.05, 3.63) is 72.8 Å². The first-order chi connectivity index (χ1) is 13.2. The Hall–Kier alpha value is -3.74. The van der Waals surface area contributed by atoms with Crippen molar-refractivity contribution in [2.45, 2.75) is 13.8 Å². The van der Waals surface area contributed by atoms with Gasteiger partial charge in [0.15, 0.2) is 11.6 Å². The van der Waals surface area contributed by atoms with Crippen LogP contribution < -0.4 is 5.32 Å². The summed E-state index contributed by atoms with van der Waals surface area (Å²) >= 11 is 0. The van der Waals surface area contributed by atoms with E-state index in [1.165, 1.54) is 25.3 Å². The van der Waals surface area contributed by atoms with Crippen LogP contribution in [0.3, 0.4) is 0 Å². The maximum atomic E-state index is 4.23. The summed E-state index contributed by atoms with van der Waals surface area (Å²) < 4.78 is 0. The minimum absolute atomic E-state index is 0.645. The van der Waals surface area contributed by atoms with Gasteiger partial charge in [-0.25, -0.2) is 29.9 Å². The Morgan fingerprint density at radius 3 is 1.37 bits per heavy atom. The fourth-order valence-corrected chi connectivity index (χ4v) is 2.91. The Morgan fingerprint density at radius 2 is 0.963 bits per heavy atom. The Kier molecular flexibility index (Phi) is 4.49. The van der Waals surface area contributed by atoms with E-state index in [-0.39, 0.29) is 0 Å². The molecule has 0 saturated heterocycles. The number of benzene rings is 2. The molecule has 0 unspecified atom stereocenters. The predicted octanol–water partition coefficient (Wildman–Crippen LogP) is 3.75. The van der Waals surface area contributed by atoms with E-state index >= 15 is 0 Å². The van der Waals surface area contributed by atoms with Gasteiger partial charge in [-0.05, 0) is 61.4 Å². The first-order valence-corrected chi connectivity index (χ1v) is 8.42. The van der Waals surface area contributed by atoms with Crippen LogP contribution in [0.5, 0.6) is 0 Å². The molecule has 1 N–H and O–H groups in total. The van der Waals surface area contributed by atoms with Gasteiger partial charge in [-0.1, -0.05) is 0 Å². The number of hydrogen-bond acceptors (Lipinski definition) is 7. The topological polar surface area (TPSA) is 89.4 Å². The molecule has 4 aromatic rings. The second-order valence-corrected chi connectivity index (χ2v) is 6.22. The van der Waals surface area contributed by atoms with E-state index in [9.17, 15) is 0 Å². The van der Waals surface area contributed by atoms with Crippen molar-refractivity contribution in [1.29, 1.82) is 0 Å². The SMILES string of the molecule is Cc1cc(Nc2cc(C)cc(-c3ncncn3)c2)cc(-c2ncncn2)c1. The summed E-state index contributed by atoms with van der Waals surface area (Å²) in [7, 11) is 0. The first kappa shape index (κ1) is 16.7. The summed E-state index contributed by atoms with van der Waals surface area (Å²) in [6.07, 6.45) is 6.00. The normalized spacial score (nSPS) is 10.6. The first-order valence-electron chi connectivity index (χ1n) is 8.42. The quantitative estimate of drug-likeness (QED) is 0.596. The number of aromatic nitrogens is 6. The maximum absolute atomic E-state index is 4.23. The van der Waals surface area contributed by atoms with Gasteiger partial charge < -0.3 is 5.32 Å². The zero-order chi connectivity index (χ0) is 18.6. The largest absolute Gasteiger partial charge is 0.355 e. The Labute approximate surface area is 156 Å². The number of anilines is 2. The Morgan fingerprint density at radius 1 is 0.556 bits per heavy atom. The molecule has 7 nitrogen and oxygen atoms in total. The smallest absolute Gasteiger partial charge is 0.162 e. The third-order valence-corrected chi connectivity index (χ3v) is 3.95. The average Bonchev–Trinajstić information content (AvgIpc) is 2.68. The molecule has 0 amide bonds. The van der Waals surface area contributed by atoms with E-state index in [1.807, 2.05) is 38.1 Å². The van der Waals surface area contributed by atoms with Crippen molar-refractivity contribution in [2.24, 2.45) is 0 Å². The fraction of sp³-hybridized carbons (Fsp3) is 0.100. The lowest BCUT2D eigenvalue weighted by Crippen LogP contribution is -1.96. The van der Waals surface area contributed by atoms with Crippen LogP contribution in [-0.2, 0) is 0 Å². The summed E-state index contributed by atoms with van der Waals surface area (Å²) in [5.41, 5.74) is 6.01. The molecule has 0 spiro atoms. The van der Waals surface area contributed by atoms with E-state index in [4.69, 9.17) is 0 Å². The molecule has 2 heterocycles. The molecule has 2 aromatic heterocycles. The number of rotatable bonds is 4. The van der Waals surface area contributed by atoms with Gasteiger partial charge in [-0.2, -0.15) is 0 Å². The lowest BCUT2D eigenvalue weighted by atomic mass is 10.1. The van der Waals surface area contributed by atoms with Crippen LogP contribution in [0.15, 0.2) is 61.7 Å². The zero-order valence-electron chi connectivity index (χ0n) is 15.0. The van der Waals surface area contributed by atoms with Crippen molar-refractivity contribution >= 4 is 11.4 Å². The predicted molar refractivity (Wildman–Crippen MR) is 103 cm³/mol. The molecule has 0 atom stereocenters. The van der Waals surface area contributed by atoms with Crippen LogP contribution in [-0.4, -0.2) is 29.9 Å². The molecule has 7 heteroatoms. The maximum Gasteiger partial charge on any atom is 0.162 e. The monoisotopic (exact) mass is 355 g/mol. The number of aryl methyl sites for hydroxylation is 2. The van der Waals surface area contributed by atoms with Gasteiger partial charge in [0.05, 0.1) is 0 Å². The van der Waals surface area contributed by atoms with Crippen LogP contribution >= 0.6 is 0 Å². The summed E-state index contributed by atoms with van der Waals surface area (Å²) in [5, 5.41) is 3.46. The van der Waals surface area contributed by atoms with Gasteiger partial charge in [-0.15, -0.1) is 0 Å². The van der Waals surface area contributed by atoms with Crippen molar-refractivity contribution in [2.75, 3.05) is 5.32 Å².